The van der Waals surface area contributed by atoms with Gasteiger partial charge in [0, 0.05) is 24.9 Å². The largest absolute Gasteiger partial charge is 0.492 e. The normalized spacial score (nSPS) is 15.4. The molecule has 4 rings (SSSR count). The van der Waals surface area contributed by atoms with Gasteiger partial charge in [0.2, 0.25) is 0 Å². The SMILES string of the molecule is Cc1ccc(C(=O)Nc2cccnc2C(=O)Nc2ccc(Cl)cn2)c(OCC2CCCNC2)c1. The minimum atomic E-state index is -0.504. The smallest absolute Gasteiger partial charge is 0.277 e. The number of nitrogens with one attached hydrogen (secondary N) is 3. The first-order valence-corrected chi connectivity index (χ1v) is 11.5. The van der Waals surface area contributed by atoms with Crippen molar-refractivity contribution in [2.75, 3.05) is 30.3 Å². The Labute approximate surface area is 203 Å². The minimum absolute atomic E-state index is 0.0652. The number of carbonyl (C=O) groups excluding carboxylic acids is 2. The molecule has 176 valence electrons. The fourth-order valence-electron chi connectivity index (χ4n) is 3.71. The van der Waals surface area contributed by atoms with Crippen molar-refractivity contribution in [1.29, 1.82) is 0 Å². The third-order valence-electron chi connectivity index (χ3n) is 5.50. The molecule has 3 heterocycles. The average molecular weight is 480 g/mol. The summed E-state index contributed by atoms with van der Waals surface area (Å²) in [4.78, 5) is 34.2. The standard InChI is InChI=1S/C25H26ClN5O3/c1-16-6-8-19(21(12-16)34-15-17-4-2-10-27-13-17)24(32)30-20-5-3-11-28-23(20)25(33)31-22-9-7-18(26)14-29-22/h3,5-9,11-12,14,17,27H,2,4,10,13,15H2,1H3,(H,30,32)(H,29,31,33). The molecular formula is C25H26ClN5O3. The van der Waals surface area contributed by atoms with Gasteiger partial charge in [-0.15, -0.1) is 0 Å². The van der Waals surface area contributed by atoms with Crippen LogP contribution in [0.2, 0.25) is 5.02 Å². The Morgan fingerprint density at radius 3 is 2.79 bits per heavy atom. The highest BCUT2D eigenvalue weighted by molar-refractivity contribution is 6.30. The molecule has 1 saturated heterocycles. The van der Waals surface area contributed by atoms with E-state index in [9.17, 15) is 9.59 Å². The first-order valence-electron chi connectivity index (χ1n) is 11.1. The number of pyridine rings is 2. The number of halogens is 1. The summed E-state index contributed by atoms with van der Waals surface area (Å²) >= 11 is 5.85. The minimum Gasteiger partial charge on any atom is -0.492 e. The zero-order valence-electron chi connectivity index (χ0n) is 18.8. The monoisotopic (exact) mass is 479 g/mol. The lowest BCUT2D eigenvalue weighted by Crippen LogP contribution is -2.33. The second-order valence-corrected chi connectivity index (χ2v) is 8.63. The van der Waals surface area contributed by atoms with E-state index in [2.05, 4.69) is 25.9 Å². The number of aromatic nitrogens is 2. The summed E-state index contributed by atoms with van der Waals surface area (Å²) in [6.45, 7) is 4.42. The topological polar surface area (TPSA) is 105 Å². The molecule has 1 aromatic carbocycles. The molecule has 0 radical (unpaired) electrons. The van der Waals surface area contributed by atoms with E-state index >= 15 is 0 Å². The Hall–Kier alpha value is -3.49. The molecule has 1 fully saturated rings. The molecule has 0 spiro atoms. The number of nitrogens with zero attached hydrogens (tertiary/aromatic N) is 2. The van der Waals surface area contributed by atoms with Gasteiger partial charge in [0.15, 0.2) is 5.69 Å². The third kappa shape index (κ3) is 6.09. The average Bonchev–Trinajstić information content (AvgIpc) is 2.85. The van der Waals surface area contributed by atoms with Crippen LogP contribution in [0, 0.1) is 12.8 Å². The molecular weight excluding hydrogens is 454 g/mol. The highest BCUT2D eigenvalue weighted by atomic mass is 35.5. The number of benzene rings is 1. The van der Waals surface area contributed by atoms with Gasteiger partial charge >= 0.3 is 0 Å². The highest BCUT2D eigenvalue weighted by Gasteiger charge is 2.20. The van der Waals surface area contributed by atoms with Crippen LogP contribution in [0.5, 0.6) is 5.75 Å². The first-order chi connectivity index (χ1) is 16.5. The van der Waals surface area contributed by atoms with Crippen molar-refractivity contribution >= 4 is 34.9 Å². The van der Waals surface area contributed by atoms with Crippen LogP contribution in [-0.4, -0.2) is 41.5 Å². The van der Waals surface area contributed by atoms with E-state index in [1.165, 1.54) is 12.4 Å². The van der Waals surface area contributed by atoms with Crippen LogP contribution in [-0.2, 0) is 0 Å². The van der Waals surface area contributed by atoms with E-state index in [1.807, 2.05) is 19.1 Å². The van der Waals surface area contributed by atoms with Gasteiger partial charge in [-0.1, -0.05) is 17.7 Å². The number of anilines is 2. The summed E-state index contributed by atoms with van der Waals surface area (Å²) < 4.78 is 6.07. The molecule has 2 aromatic heterocycles. The van der Waals surface area contributed by atoms with Crippen LogP contribution in [0.4, 0.5) is 11.5 Å². The number of amides is 2. The molecule has 0 aliphatic carbocycles. The van der Waals surface area contributed by atoms with Crippen LogP contribution >= 0.6 is 11.6 Å². The molecule has 1 unspecified atom stereocenters. The number of hydrogen-bond donors (Lipinski definition) is 3. The quantitative estimate of drug-likeness (QED) is 0.466. The van der Waals surface area contributed by atoms with Crippen molar-refractivity contribution in [3.05, 3.63) is 76.7 Å². The van der Waals surface area contributed by atoms with Gasteiger partial charge in [-0.25, -0.2) is 9.97 Å². The number of rotatable bonds is 7. The Bertz CT molecular complexity index is 1160. The Kier molecular flexibility index (Phi) is 7.72. The molecule has 1 aliphatic rings. The Morgan fingerprint density at radius 2 is 2.03 bits per heavy atom. The second kappa shape index (κ2) is 11.1. The summed E-state index contributed by atoms with van der Waals surface area (Å²) in [6, 6.07) is 11.9. The number of piperidine rings is 1. The van der Waals surface area contributed by atoms with E-state index in [0.29, 0.717) is 34.7 Å². The molecule has 34 heavy (non-hydrogen) atoms. The number of carbonyl (C=O) groups is 2. The Balaban J connectivity index is 1.49. The fraction of sp³-hybridized carbons (Fsp3) is 0.280. The van der Waals surface area contributed by atoms with Crippen molar-refractivity contribution in [2.24, 2.45) is 5.92 Å². The van der Waals surface area contributed by atoms with Crippen LogP contribution in [0.15, 0.2) is 54.9 Å². The lowest BCUT2D eigenvalue weighted by atomic mass is 10.0. The molecule has 1 aliphatic heterocycles. The summed E-state index contributed by atoms with van der Waals surface area (Å²) in [5.41, 5.74) is 1.73. The molecule has 8 nitrogen and oxygen atoms in total. The van der Waals surface area contributed by atoms with Gasteiger partial charge in [-0.05, 0) is 68.3 Å². The predicted octanol–water partition coefficient (Wildman–Crippen LogP) is 4.32. The van der Waals surface area contributed by atoms with E-state index in [4.69, 9.17) is 16.3 Å². The van der Waals surface area contributed by atoms with Crippen molar-refractivity contribution < 1.29 is 14.3 Å². The summed E-state index contributed by atoms with van der Waals surface area (Å²) in [6.07, 6.45) is 5.13. The molecule has 2 amide bonds. The van der Waals surface area contributed by atoms with E-state index in [1.54, 1.807) is 30.3 Å². The van der Waals surface area contributed by atoms with Crippen LogP contribution in [0.3, 0.4) is 0 Å². The molecule has 3 N–H and O–H groups in total. The fourth-order valence-corrected chi connectivity index (χ4v) is 3.82. The van der Waals surface area contributed by atoms with Gasteiger partial charge in [0.05, 0.1) is 22.9 Å². The number of ether oxygens (including phenoxy) is 1. The van der Waals surface area contributed by atoms with Crippen molar-refractivity contribution in [1.82, 2.24) is 15.3 Å². The maximum Gasteiger partial charge on any atom is 0.277 e. The van der Waals surface area contributed by atoms with Crippen molar-refractivity contribution in [3.63, 3.8) is 0 Å². The molecule has 1 atom stereocenters. The molecule has 0 saturated carbocycles. The zero-order chi connectivity index (χ0) is 23.9. The van der Waals surface area contributed by atoms with Crippen LogP contribution in [0.25, 0.3) is 0 Å². The van der Waals surface area contributed by atoms with E-state index in [-0.39, 0.29) is 17.3 Å². The van der Waals surface area contributed by atoms with Gasteiger partial charge in [0.1, 0.15) is 11.6 Å². The second-order valence-electron chi connectivity index (χ2n) is 8.19. The van der Waals surface area contributed by atoms with Crippen molar-refractivity contribution in [2.45, 2.75) is 19.8 Å². The number of aryl methyl sites for hydroxylation is 1. The Morgan fingerprint density at radius 1 is 1.15 bits per heavy atom. The lowest BCUT2D eigenvalue weighted by Gasteiger charge is -2.23. The molecule has 9 heteroatoms. The zero-order valence-corrected chi connectivity index (χ0v) is 19.6. The summed E-state index contributed by atoms with van der Waals surface area (Å²) in [7, 11) is 0. The van der Waals surface area contributed by atoms with Gasteiger partial charge in [0.25, 0.3) is 11.8 Å². The lowest BCUT2D eigenvalue weighted by molar-refractivity contribution is 0.102. The van der Waals surface area contributed by atoms with Crippen LogP contribution in [0.1, 0.15) is 39.3 Å². The molecule has 3 aromatic rings. The highest BCUT2D eigenvalue weighted by Crippen LogP contribution is 2.24. The predicted molar refractivity (Wildman–Crippen MR) is 132 cm³/mol. The van der Waals surface area contributed by atoms with Crippen LogP contribution < -0.4 is 20.7 Å². The first kappa shape index (κ1) is 23.7. The van der Waals surface area contributed by atoms with Gasteiger partial charge < -0.3 is 20.7 Å². The van der Waals surface area contributed by atoms with Gasteiger partial charge in [-0.3, -0.25) is 9.59 Å². The molecule has 0 bridgehead atoms. The van der Waals surface area contributed by atoms with Crippen molar-refractivity contribution in [3.8, 4) is 5.75 Å². The third-order valence-corrected chi connectivity index (χ3v) is 5.72. The summed E-state index contributed by atoms with van der Waals surface area (Å²) in [5, 5.41) is 9.30. The van der Waals surface area contributed by atoms with E-state index < -0.39 is 5.91 Å². The van der Waals surface area contributed by atoms with E-state index in [0.717, 1.165) is 31.5 Å². The maximum absolute atomic E-state index is 13.2. The van der Waals surface area contributed by atoms with Gasteiger partial charge in [-0.2, -0.15) is 0 Å². The number of hydrogen-bond acceptors (Lipinski definition) is 6. The summed E-state index contributed by atoms with van der Waals surface area (Å²) in [5.74, 6) is 0.353. The maximum atomic E-state index is 13.2.